The number of rotatable bonds is 6. The van der Waals surface area contributed by atoms with Gasteiger partial charge < -0.3 is 10.1 Å². The van der Waals surface area contributed by atoms with Gasteiger partial charge in [0.25, 0.3) is 0 Å². The molecule has 1 aromatic carbocycles. The van der Waals surface area contributed by atoms with Gasteiger partial charge >= 0.3 is 5.97 Å². The molecule has 1 atom stereocenters. The van der Waals surface area contributed by atoms with Crippen LogP contribution in [0.2, 0.25) is 0 Å². The Labute approximate surface area is 116 Å². The number of ether oxygens (including phenoxy) is 1. The van der Waals surface area contributed by atoms with Crippen molar-refractivity contribution in [1.29, 1.82) is 5.26 Å². The van der Waals surface area contributed by atoms with Crippen molar-refractivity contribution in [3.63, 3.8) is 0 Å². The van der Waals surface area contributed by atoms with Crippen molar-refractivity contribution in [1.82, 2.24) is 5.32 Å². The van der Waals surface area contributed by atoms with Gasteiger partial charge in [-0.1, -0.05) is 12.1 Å². The van der Waals surface area contributed by atoms with Crippen LogP contribution < -0.4 is 5.32 Å². The fourth-order valence-corrected chi connectivity index (χ4v) is 1.68. The summed E-state index contributed by atoms with van der Waals surface area (Å²) in [5.74, 6) is -1.46. The maximum absolute atomic E-state index is 13.0. The number of nitriles is 1. The number of nitrogens with one attached hydrogen (secondary N) is 1. The van der Waals surface area contributed by atoms with Gasteiger partial charge in [0, 0.05) is 6.42 Å². The van der Waals surface area contributed by atoms with Gasteiger partial charge in [0.05, 0.1) is 19.6 Å². The summed E-state index contributed by atoms with van der Waals surface area (Å²) >= 11 is 0. The summed E-state index contributed by atoms with van der Waals surface area (Å²) in [5.41, 5.74) is 0.506. The lowest BCUT2D eigenvalue weighted by Crippen LogP contribution is -2.42. The van der Waals surface area contributed by atoms with Crippen LogP contribution in [0.5, 0.6) is 0 Å². The molecule has 1 aromatic rings. The van der Waals surface area contributed by atoms with Crippen LogP contribution in [0, 0.1) is 17.1 Å². The van der Waals surface area contributed by atoms with Gasteiger partial charge in [0.1, 0.15) is 11.9 Å². The third-order valence-electron chi connectivity index (χ3n) is 2.62. The van der Waals surface area contributed by atoms with Crippen molar-refractivity contribution in [3.8, 4) is 6.07 Å². The molecule has 1 N–H and O–H groups in total. The van der Waals surface area contributed by atoms with Crippen LogP contribution in [0.3, 0.4) is 0 Å². The summed E-state index contributed by atoms with van der Waals surface area (Å²) in [6, 6.07) is 6.70. The van der Waals surface area contributed by atoms with Crippen LogP contribution >= 0.6 is 0 Å². The molecule has 0 fully saturated rings. The number of methoxy groups -OCH3 is 1. The molecule has 0 saturated heterocycles. The first-order valence-corrected chi connectivity index (χ1v) is 6.05. The van der Waals surface area contributed by atoms with E-state index in [4.69, 9.17) is 5.26 Å². The molecule has 1 rings (SSSR count). The van der Waals surface area contributed by atoms with E-state index in [0.717, 1.165) is 0 Å². The minimum absolute atomic E-state index is 0.0438. The molecule has 1 amide bonds. The number of carbonyl (C=O) groups excluding carboxylic acids is 2. The Bertz CT molecular complexity index is 525. The van der Waals surface area contributed by atoms with Crippen molar-refractivity contribution in [2.75, 3.05) is 7.11 Å². The molecule has 0 radical (unpaired) electrons. The number of nitrogens with zero attached hydrogens (tertiary/aromatic N) is 1. The molecule has 106 valence electrons. The predicted octanol–water partition coefficient (Wildman–Crippen LogP) is 1.33. The second-order valence-corrected chi connectivity index (χ2v) is 4.15. The molecule has 0 spiro atoms. The molecular formula is C14H15FN2O3. The molecule has 0 bridgehead atoms. The summed E-state index contributed by atoms with van der Waals surface area (Å²) in [5, 5.41) is 11.0. The maximum Gasteiger partial charge on any atom is 0.328 e. The van der Waals surface area contributed by atoms with Crippen molar-refractivity contribution in [2.45, 2.75) is 25.3 Å². The Kier molecular flexibility index (Phi) is 6.17. The highest BCUT2D eigenvalue weighted by Gasteiger charge is 2.21. The minimum atomic E-state index is -0.860. The number of carbonyl (C=O) groups is 2. The van der Waals surface area contributed by atoms with Crippen LogP contribution in [0.1, 0.15) is 18.4 Å². The van der Waals surface area contributed by atoms with Crippen molar-refractivity contribution < 1.29 is 18.7 Å². The maximum atomic E-state index is 13.0. The van der Waals surface area contributed by atoms with Gasteiger partial charge in [-0.15, -0.1) is 0 Å². The zero-order valence-electron chi connectivity index (χ0n) is 11.1. The van der Waals surface area contributed by atoms with Crippen molar-refractivity contribution >= 4 is 11.9 Å². The van der Waals surface area contributed by atoms with Crippen LogP contribution in [0.15, 0.2) is 24.3 Å². The Morgan fingerprint density at radius 2 is 2.25 bits per heavy atom. The topological polar surface area (TPSA) is 79.2 Å². The van der Waals surface area contributed by atoms with Crippen LogP contribution in [-0.4, -0.2) is 25.0 Å². The van der Waals surface area contributed by atoms with E-state index in [9.17, 15) is 14.0 Å². The smallest absolute Gasteiger partial charge is 0.328 e. The lowest BCUT2D eigenvalue weighted by Gasteiger charge is -2.15. The molecule has 0 heterocycles. The highest BCUT2D eigenvalue weighted by molar-refractivity contribution is 5.85. The Morgan fingerprint density at radius 3 is 2.85 bits per heavy atom. The molecule has 6 heteroatoms. The van der Waals surface area contributed by atoms with E-state index in [1.807, 2.05) is 6.07 Å². The zero-order chi connectivity index (χ0) is 15.0. The Balaban J connectivity index is 2.61. The zero-order valence-corrected chi connectivity index (χ0v) is 11.1. The molecule has 0 aliphatic carbocycles. The monoisotopic (exact) mass is 278 g/mol. The third-order valence-corrected chi connectivity index (χ3v) is 2.62. The number of halogens is 1. The summed E-state index contributed by atoms with van der Waals surface area (Å²) in [4.78, 5) is 23.2. The number of hydrogen-bond acceptors (Lipinski definition) is 4. The van der Waals surface area contributed by atoms with Crippen LogP contribution in [-0.2, 0) is 20.7 Å². The van der Waals surface area contributed by atoms with E-state index in [1.165, 1.54) is 25.3 Å². The number of hydrogen-bond donors (Lipinski definition) is 1. The van der Waals surface area contributed by atoms with E-state index in [-0.39, 0.29) is 19.3 Å². The van der Waals surface area contributed by atoms with Crippen LogP contribution in [0.4, 0.5) is 4.39 Å². The first kappa shape index (κ1) is 15.6. The summed E-state index contributed by atoms with van der Waals surface area (Å²) in [6.45, 7) is 0. The lowest BCUT2D eigenvalue weighted by atomic mass is 10.1. The summed E-state index contributed by atoms with van der Waals surface area (Å²) in [6.07, 6.45) is 0.260. The fraction of sp³-hybridized carbons (Fsp3) is 0.357. The largest absolute Gasteiger partial charge is 0.467 e. The van der Waals surface area contributed by atoms with E-state index < -0.39 is 23.7 Å². The Hall–Kier alpha value is -2.42. The third kappa shape index (κ3) is 5.06. The number of amides is 1. The molecule has 0 aromatic heterocycles. The quantitative estimate of drug-likeness (QED) is 0.796. The molecule has 0 unspecified atom stereocenters. The van der Waals surface area contributed by atoms with E-state index in [1.54, 1.807) is 6.07 Å². The van der Waals surface area contributed by atoms with Gasteiger partial charge in [-0.05, 0) is 24.1 Å². The molecule has 5 nitrogen and oxygen atoms in total. The van der Waals surface area contributed by atoms with Gasteiger partial charge in [-0.3, -0.25) is 4.79 Å². The summed E-state index contributed by atoms with van der Waals surface area (Å²) < 4.78 is 17.5. The van der Waals surface area contributed by atoms with Crippen molar-refractivity contribution in [3.05, 3.63) is 35.6 Å². The van der Waals surface area contributed by atoms with Crippen molar-refractivity contribution in [2.24, 2.45) is 0 Å². The van der Waals surface area contributed by atoms with E-state index in [0.29, 0.717) is 5.56 Å². The molecule has 0 saturated carbocycles. The van der Waals surface area contributed by atoms with Crippen LogP contribution in [0.25, 0.3) is 0 Å². The highest BCUT2D eigenvalue weighted by Crippen LogP contribution is 2.05. The number of esters is 1. The van der Waals surface area contributed by atoms with E-state index >= 15 is 0 Å². The second-order valence-electron chi connectivity index (χ2n) is 4.15. The minimum Gasteiger partial charge on any atom is -0.467 e. The second kappa shape index (κ2) is 7.89. The Morgan fingerprint density at radius 1 is 1.50 bits per heavy atom. The first-order chi connectivity index (χ1) is 9.56. The summed E-state index contributed by atoms with van der Waals surface area (Å²) in [7, 11) is 1.21. The normalized spacial score (nSPS) is 11.2. The van der Waals surface area contributed by atoms with Gasteiger partial charge in [0.2, 0.25) is 5.91 Å². The fourth-order valence-electron chi connectivity index (χ4n) is 1.68. The molecular weight excluding hydrogens is 263 g/mol. The molecule has 0 aliphatic heterocycles. The van der Waals surface area contributed by atoms with Gasteiger partial charge in [-0.25, -0.2) is 9.18 Å². The predicted molar refractivity (Wildman–Crippen MR) is 68.9 cm³/mol. The SMILES string of the molecule is COC(=O)[C@@H](CCC#N)NC(=O)Cc1cccc(F)c1. The average molecular weight is 278 g/mol. The lowest BCUT2D eigenvalue weighted by molar-refractivity contribution is -0.145. The average Bonchev–Trinajstić information content (AvgIpc) is 2.42. The van der Waals surface area contributed by atoms with E-state index in [2.05, 4.69) is 10.1 Å². The highest BCUT2D eigenvalue weighted by atomic mass is 19.1. The van der Waals surface area contributed by atoms with Gasteiger partial charge in [0.15, 0.2) is 0 Å². The molecule has 20 heavy (non-hydrogen) atoms. The molecule has 0 aliphatic rings. The van der Waals surface area contributed by atoms with Gasteiger partial charge in [-0.2, -0.15) is 5.26 Å². The number of benzene rings is 1. The first-order valence-electron chi connectivity index (χ1n) is 6.05. The standard InChI is InChI=1S/C14H15FN2O3/c1-20-14(19)12(6-3-7-16)17-13(18)9-10-4-2-5-11(15)8-10/h2,4-5,8,12H,3,6,9H2,1H3,(H,17,18)/t12-/m1/s1.